The highest BCUT2D eigenvalue weighted by Crippen LogP contribution is 2.36. The normalized spacial score (nSPS) is 15.7. The van der Waals surface area contributed by atoms with Gasteiger partial charge in [-0.25, -0.2) is 0 Å². The number of carbonyl (C=O) groups excluding carboxylic acids is 1. The number of morpholine rings is 1. The van der Waals surface area contributed by atoms with Crippen LogP contribution in [-0.4, -0.2) is 66.0 Å². The lowest BCUT2D eigenvalue weighted by molar-refractivity contribution is -0.128. The van der Waals surface area contributed by atoms with Crippen LogP contribution >= 0.6 is 11.8 Å². The first-order chi connectivity index (χ1) is 12.6. The summed E-state index contributed by atoms with van der Waals surface area (Å²) in [7, 11) is 3.56. The van der Waals surface area contributed by atoms with Gasteiger partial charge in [0.1, 0.15) is 5.25 Å². The number of aromatic nitrogens is 3. The predicted molar refractivity (Wildman–Crippen MR) is 102 cm³/mol. The molecule has 0 unspecified atom stereocenters. The third kappa shape index (κ3) is 4.02. The summed E-state index contributed by atoms with van der Waals surface area (Å²) in [6.45, 7) is 5.83. The average molecular weight is 375 g/mol. The van der Waals surface area contributed by atoms with Gasteiger partial charge in [0.05, 0.1) is 13.2 Å². The van der Waals surface area contributed by atoms with Crippen LogP contribution in [-0.2, 0) is 16.1 Å². The van der Waals surface area contributed by atoms with E-state index in [0.717, 1.165) is 36.3 Å². The molecule has 1 saturated heterocycles. The van der Waals surface area contributed by atoms with Gasteiger partial charge in [0.25, 0.3) is 0 Å². The van der Waals surface area contributed by atoms with Crippen LogP contribution in [0.2, 0.25) is 0 Å². The molecule has 0 saturated carbocycles. The van der Waals surface area contributed by atoms with Crippen LogP contribution < -0.4 is 4.90 Å². The molecule has 0 radical (unpaired) electrons. The first kappa shape index (κ1) is 18.7. The van der Waals surface area contributed by atoms with Crippen LogP contribution in [0.3, 0.4) is 0 Å². The SMILES string of the molecule is CCn1c(S[C@H](C(=O)N(C)C)c2ccccc2)nnc1N1CCOCC1. The highest BCUT2D eigenvalue weighted by atomic mass is 32.2. The first-order valence-electron chi connectivity index (χ1n) is 8.80. The summed E-state index contributed by atoms with van der Waals surface area (Å²) < 4.78 is 7.51. The van der Waals surface area contributed by atoms with Crippen molar-refractivity contribution in [1.29, 1.82) is 0 Å². The molecule has 8 heteroatoms. The molecule has 0 bridgehead atoms. The Balaban J connectivity index is 1.89. The lowest BCUT2D eigenvalue weighted by Gasteiger charge is -2.27. The Labute approximate surface area is 158 Å². The quantitative estimate of drug-likeness (QED) is 0.720. The maximum absolute atomic E-state index is 12.8. The van der Waals surface area contributed by atoms with Crippen LogP contribution in [0.15, 0.2) is 35.5 Å². The third-order valence-corrected chi connectivity index (χ3v) is 5.52. The molecule has 1 aromatic carbocycles. The lowest BCUT2D eigenvalue weighted by atomic mass is 10.1. The van der Waals surface area contributed by atoms with Gasteiger partial charge < -0.3 is 14.5 Å². The molecule has 140 valence electrons. The van der Waals surface area contributed by atoms with Crippen molar-refractivity contribution in [2.24, 2.45) is 0 Å². The zero-order chi connectivity index (χ0) is 18.5. The van der Waals surface area contributed by atoms with Gasteiger partial charge in [-0.15, -0.1) is 10.2 Å². The summed E-state index contributed by atoms with van der Waals surface area (Å²) in [5.41, 5.74) is 0.967. The fourth-order valence-corrected chi connectivity index (χ4v) is 4.11. The van der Waals surface area contributed by atoms with Crippen molar-refractivity contribution in [3.05, 3.63) is 35.9 Å². The number of thioether (sulfide) groups is 1. The topological polar surface area (TPSA) is 63.5 Å². The minimum absolute atomic E-state index is 0.0415. The standard InChI is InChI=1S/C18H25N5O2S/c1-4-23-17(22-10-12-25-13-11-22)19-20-18(23)26-15(16(24)21(2)3)14-8-6-5-7-9-14/h5-9,15H,4,10-13H2,1-3H3/t15-/m0/s1. The van der Waals surface area contributed by atoms with Gasteiger partial charge in [0.2, 0.25) is 11.9 Å². The van der Waals surface area contributed by atoms with Crippen LogP contribution in [0.4, 0.5) is 5.95 Å². The van der Waals surface area contributed by atoms with Crippen molar-refractivity contribution >= 4 is 23.6 Å². The summed E-state index contributed by atoms with van der Waals surface area (Å²) in [6, 6.07) is 9.82. The summed E-state index contributed by atoms with van der Waals surface area (Å²) in [4.78, 5) is 16.6. The van der Waals surface area contributed by atoms with Gasteiger partial charge in [0, 0.05) is 33.7 Å². The van der Waals surface area contributed by atoms with Gasteiger partial charge >= 0.3 is 0 Å². The number of amides is 1. The molecular formula is C18H25N5O2S. The molecule has 0 aliphatic carbocycles. The minimum Gasteiger partial charge on any atom is -0.378 e. The number of ether oxygens (including phenoxy) is 1. The zero-order valence-corrected chi connectivity index (χ0v) is 16.3. The van der Waals surface area contributed by atoms with E-state index in [4.69, 9.17) is 4.74 Å². The zero-order valence-electron chi connectivity index (χ0n) is 15.5. The van der Waals surface area contributed by atoms with Crippen molar-refractivity contribution in [1.82, 2.24) is 19.7 Å². The molecule has 1 aliphatic rings. The number of hydrogen-bond acceptors (Lipinski definition) is 6. The summed E-state index contributed by atoms with van der Waals surface area (Å²) >= 11 is 1.45. The lowest BCUT2D eigenvalue weighted by Crippen LogP contribution is -2.38. The van der Waals surface area contributed by atoms with E-state index in [2.05, 4.69) is 26.6 Å². The van der Waals surface area contributed by atoms with Crippen molar-refractivity contribution in [3.8, 4) is 0 Å². The molecule has 26 heavy (non-hydrogen) atoms. The number of anilines is 1. The Morgan fingerprint density at radius 3 is 2.54 bits per heavy atom. The Kier molecular flexibility index (Phi) is 6.16. The van der Waals surface area contributed by atoms with Gasteiger partial charge in [-0.2, -0.15) is 0 Å². The van der Waals surface area contributed by atoms with E-state index in [1.54, 1.807) is 19.0 Å². The Bertz CT molecular complexity index is 728. The second kappa shape index (κ2) is 8.55. The van der Waals surface area contributed by atoms with Gasteiger partial charge in [-0.3, -0.25) is 9.36 Å². The first-order valence-corrected chi connectivity index (χ1v) is 9.68. The molecule has 2 heterocycles. The summed E-state index contributed by atoms with van der Waals surface area (Å²) in [5.74, 6) is 0.891. The fourth-order valence-electron chi connectivity index (χ4n) is 2.87. The Morgan fingerprint density at radius 2 is 1.92 bits per heavy atom. The average Bonchev–Trinajstić information content (AvgIpc) is 3.09. The minimum atomic E-state index is -0.349. The Morgan fingerprint density at radius 1 is 1.23 bits per heavy atom. The summed E-state index contributed by atoms with van der Waals surface area (Å²) in [5, 5.41) is 9.20. The van der Waals surface area contributed by atoms with Crippen molar-refractivity contribution < 1.29 is 9.53 Å². The van der Waals surface area contributed by atoms with E-state index in [-0.39, 0.29) is 11.2 Å². The smallest absolute Gasteiger partial charge is 0.240 e. The summed E-state index contributed by atoms with van der Waals surface area (Å²) in [6.07, 6.45) is 0. The van der Waals surface area contributed by atoms with Crippen LogP contribution in [0, 0.1) is 0 Å². The largest absolute Gasteiger partial charge is 0.378 e. The number of hydrogen-bond donors (Lipinski definition) is 0. The second-order valence-corrected chi connectivity index (χ2v) is 7.34. The van der Waals surface area contributed by atoms with Crippen LogP contribution in [0.5, 0.6) is 0 Å². The molecular weight excluding hydrogens is 350 g/mol. The Hall–Kier alpha value is -2.06. The van der Waals surface area contributed by atoms with Gasteiger partial charge in [0.15, 0.2) is 5.16 Å². The molecule has 1 fully saturated rings. The molecule has 1 amide bonds. The number of benzene rings is 1. The fraction of sp³-hybridized carbons (Fsp3) is 0.500. The van der Waals surface area contributed by atoms with E-state index < -0.39 is 0 Å². The molecule has 7 nitrogen and oxygen atoms in total. The highest BCUT2D eigenvalue weighted by molar-refractivity contribution is 8.00. The molecule has 1 aromatic heterocycles. The molecule has 1 aliphatic heterocycles. The molecule has 0 spiro atoms. The second-order valence-electron chi connectivity index (χ2n) is 6.27. The maximum Gasteiger partial charge on any atom is 0.240 e. The van der Waals surface area contributed by atoms with Crippen LogP contribution in [0.25, 0.3) is 0 Å². The molecule has 3 rings (SSSR count). The van der Waals surface area contributed by atoms with E-state index >= 15 is 0 Å². The highest BCUT2D eigenvalue weighted by Gasteiger charge is 2.27. The molecule has 2 aromatic rings. The van der Waals surface area contributed by atoms with E-state index in [1.807, 2.05) is 30.3 Å². The number of rotatable bonds is 6. The monoisotopic (exact) mass is 375 g/mol. The number of carbonyl (C=O) groups is 1. The van der Waals surface area contributed by atoms with Crippen molar-refractivity contribution in [2.75, 3.05) is 45.3 Å². The molecule has 1 atom stereocenters. The van der Waals surface area contributed by atoms with Crippen LogP contribution in [0.1, 0.15) is 17.7 Å². The third-order valence-electron chi connectivity index (χ3n) is 4.30. The molecule has 0 N–H and O–H groups in total. The number of likely N-dealkylation sites (N-methyl/N-ethyl adjacent to an activating group) is 1. The number of nitrogens with zero attached hydrogens (tertiary/aromatic N) is 5. The predicted octanol–water partition coefficient (Wildman–Crippen LogP) is 2.06. The van der Waals surface area contributed by atoms with Gasteiger partial charge in [-0.05, 0) is 12.5 Å². The van der Waals surface area contributed by atoms with Gasteiger partial charge in [-0.1, -0.05) is 42.1 Å². The van der Waals surface area contributed by atoms with E-state index in [1.165, 1.54) is 11.8 Å². The van der Waals surface area contributed by atoms with E-state index in [9.17, 15) is 4.79 Å². The van der Waals surface area contributed by atoms with Crippen molar-refractivity contribution in [2.45, 2.75) is 23.9 Å². The van der Waals surface area contributed by atoms with E-state index in [0.29, 0.717) is 13.2 Å². The maximum atomic E-state index is 12.8. The van der Waals surface area contributed by atoms with Crippen molar-refractivity contribution in [3.63, 3.8) is 0 Å².